The van der Waals surface area contributed by atoms with Crippen molar-refractivity contribution in [3.8, 4) is 6.07 Å². The van der Waals surface area contributed by atoms with E-state index in [4.69, 9.17) is 11.0 Å². The van der Waals surface area contributed by atoms with Gasteiger partial charge >= 0.3 is 0 Å². The number of nitriles is 1. The van der Waals surface area contributed by atoms with Gasteiger partial charge in [-0.05, 0) is 49.2 Å². The molecule has 0 heterocycles. The maximum Gasteiger partial charge on any atom is 0.255 e. The molecule has 0 fully saturated rings. The summed E-state index contributed by atoms with van der Waals surface area (Å²) in [7, 11) is 0. The lowest BCUT2D eigenvalue weighted by atomic mass is 10.0. The molecule has 0 atom stereocenters. The standard InChI is InChI=1S/C16H15N3O/c1-10-4-3-5-13(11(10)2)16(20)19-15-7-6-12(9-17)8-14(15)18/h3-8H,18H2,1-2H3,(H,19,20). The van der Waals surface area contributed by atoms with E-state index in [0.717, 1.165) is 11.1 Å². The largest absolute Gasteiger partial charge is 0.397 e. The van der Waals surface area contributed by atoms with Crippen LogP contribution in [0.1, 0.15) is 27.0 Å². The quantitative estimate of drug-likeness (QED) is 0.819. The van der Waals surface area contributed by atoms with Gasteiger partial charge in [-0.2, -0.15) is 5.26 Å². The lowest BCUT2D eigenvalue weighted by Gasteiger charge is -2.11. The first-order valence-corrected chi connectivity index (χ1v) is 6.20. The van der Waals surface area contributed by atoms with Crippen molar-refractivity contribution in [1.82, 2.24) is 0 Å². The van der Waals surface area contributed by atoms with Crippen LogP contribution in [0.3, 0.4) is 0 Å². The molecule has 0 spiro atoms. The van der Waals surface area contributed by atoms with E-state index in [1.54, 1.807) is 24.3 Å². The number of carbonyl (C=O) groups is 1. The van der Waals surface area contributed by atoms with E-state index in [2.05, 4.69) is 5.32 Å². The molecule has 20 heavy (non-hydrogen) atoms. The molecule has 1 amide bonds. The Balaban J connectivity index is 2.29. The van der Waals surface area contributed by atoms with E-state index in [1.165, 1.54) is 0 Å². The normalized spacial score (nSPS) is 9.85. The van der Waals surface area contributed by atoms with Gasteiger partial charge in [-0.15, -0.1) is 0 Å². The maximum absolute atomic E-state index is 12.3. The highest BCUT2D eigenvalue weighted by atomic mass is 16.1. The number of aryl methyl sites for hydroxylation is 1. The molecule has 0 saturated heterocycles. The van der Waals surface area contributed by atoms with Crippen molar-refractivity contribution in [1.29, 1.82) is 5.26 Å². The number of carbonyl (C=O) groups excluding carboxylic acids is 1. The molecular weight excluding hydrogens is 250 g/mol. The highest BCUT2D eigenvalue weighted by Crippen LogP contribution is 2.21. The zero-order valence-corrected chi connectivity index (χ0v) is 11.4. The molecule has 0 bridgehead atoms. The van der Waals surface area contributed by atoms with Crippen LogP contribution in [-0.2, 0) is 0 Å². The number of nitrogen functional groups attached to an aromatic ring is 1. The molecule has 0 saturated carbocycles. The number of nitrogens with zero attached hydrogens (tertiary/aromatic N) is 1. The van der Waals surface area contributed by atoms with Gasteiger partial charge in [-0.1, -0.05) is 12.1 Å². The lowest BCUT2D eigenvalue weighted by molar-refractivity contribution is 0.102. The first kappa shape index (κ1) is 13.6. The molecule has 2 aromatic carbocycles. The molecule has 0 radical (unpaired) electrons. The number of anilines is 2. The van der Waals surface area contributed by atoms with Gasteiger partial charge in [0.1, 0.15) is 0 Å². The first-order chi connectivity index (χ1) is 9.52. The second-order valence-corrected chi connectivity index (χ2v) is 4.62. The topological polar surface area (TPSA) is 78.9 Å². The number of hydrogen-bond acceptors (Lipinski definition) is 3. The van der Waals surface area contributed by atoms with E-state index < -0.39 is 0 Å². The van der Waals surface area contributed by atoms with Crippen molar-refractivity contribution in [3.05, 3.63) is 58.7 Å². The smallest absolute Gasteiger partial charge is 0.255 e. The van der Waals surface area contributed by atoms with Crippen molar-refractivity contribution >= 4 is 17.3 Å². The van der Waals surface area contributed by atoms with Crippen LogP contribution in [0, 0.1) is 25.2 Å². The monoisotopic (exact) mass is 265 g/mol. The van der Waals surface area contributed by atoms with E-state index >= 15 is 0 Å². The fourth-order valence-corrected chi connectivity index (χ4v) is 1.93. The van der Waals surface area contributed by atoms with Crippen LogP contribution in [0.4, 0.5) is 11.4 Å². The van der Waals surface area contributed by atoms with Gasteiger partial charge in [-0.25, -0.2) is 0 Å². The zero-order valence-electron chi connectivity index (χ0n) is 11.4. The van der Waals surface area contributed by atoms with Crippen LogP contribution in [0.15, 0.2) is 36.4 Å². The molecular formula is C16H15N3O. The van der Waals surface area contributed by atoms with Gasteiger partial charge < -0.3 is 11.1 Å². The van der Waals surface area contributed by atoms with Crippen LogP contribution in [0.2, 0.25) is 0 Å². The molecule has 4 nitrogen and oxygen atoms in total. The molecule has 3 N–H and O–H groups in total. The van der Waals surface area contributed by atoms with Crippen LogP contribution in [0.5, 0.6) is 0 Å². The molecule has 0 aliphatic rings. The minimum absolute atomic E-state index is 0.206. The van der Waals surface area contributed by atoms with Crippen molar-refractivity contribution in [2.75, 3.05) is 11.1 Å². The van der Waals surface area contributed by atoms with E-state index in [9.17, 15) is 4.79 Å². The van der Waals surface area contributed by atoms with Gasteiger partial charge in [0.25, 0.3) is 5.91 Å². The summed E-state index contributed by atoms with van der Waals surface area (Å²) in [5.41, 5.74) is 9.80. The minimum Gasteiger partial charge on any atom is -0.397 e. The molecule has 2 aromatic rings. The molecule has 0 aromatic heterocycles. The van der Waals surface area contributed by atoms with Crippen LogP contribution in [-0.4, -0.2) is 5.91 Å². The summed E-state index contributed by atoms with van der Waals surface area (Å²) in [5.74, 6) is -0.206. The van der Waals surface area contributed by atoms with Crippen LogP contribution in [0.25, 0.3) is 0 Å². The summed E-state index contributed by atoms with van der Waals surface area (Å²) in [6.07, 6.45) is 0. The number of amides is 1. The fraction of sp³-hybridized carbons (Fsp3) is 0.125. The highest BCUT2D eigenvalue weighted by molar-refractivity contribution is 6.06. The summed E-state index contributed by atoms with van der Waals surface area (Å²) < 4.78 is 0. The third kappa shape index (κ3) is 2.62. The summed E-state index contributed by atoms with van der Waals surface area (Å²) in [6.45, 7) is 3.87. The van der Waals surface area contributed by atoms with Crippen LogP contribution >= 0.6 is 0 Å². The number of nitrogens with one attached hydrogen (secondary N) is 1. The SMILES string of the molecule is Cc1cccc(C(=O)Nc2ccc(C#N)cc2N)c1C. The molecule has 0 aliphatic carbocycles. The fourth-order valence-electron chi connectivity index (χ4n) is 1.93. The number of benzene rings is 2. The summed E-state index contributed by atoms with van der Waals surface area (Å²) in [5, 5.41) is 11.6. The second-order valence-electron chi connectivity index (χ2n) is 4.62. The first-order valence-electron chi connectivity index (χ1n) is 6.20. The van der Waals surface area contributed by atoms with E-state index in [1.807, 2.05) is 32.0 Å². The molecule has 0 aliphatic heterocycles. The van der Waals surface area contributed by atoms with Gasteiger partial charge in [0.05, 0.1) is 23.0 Å². The summed E-state index contributed by atoms with van der Waals surface area (Å²) >= 11 is 0. The molecule has 100 valence electrons. The Kier molecular flexibility index (Phi) is 3.72. The van der Waals surface area contributed by atoms with Gasteiger partial charge in [0, 0.05) is 5.56 Å². The van der Waals surface area contributed by atoms with Crippen molar-refractivity contribution < 1.29 is 4.79 Å². The summed E-state index contributed by atoms with van der Waals surface area (Å²) in [6, 6.07) is 12.4. The Labute approximate surface area is 117 Å². The Morgan fingerprint density at radius 3 is 2.65 bits per heavy atom. The Morgan fingerprint density at radius 2 is 2.00 bits per heavy atom. The number of rotatable bonds is 2. The third-order valence-electron chi connectivity index (χ3n) is 3.28. The maximum atomic E-state index is 12.3. The Bertz CT molecular complexity index is 714. The average molecular weight is 265 g/mol. The predicted octanol–water partition coefficient (Wildman–Crippen LogP) is 3.01. The minimum atomic E-state index is -0.206. The van der Waals surface area contributed by atoms with E-state index in [0.29, 0.717) is 22.5 Å². The molecule has 4 heteroatoms. The van der Waals surface area contributed by atoms with Crippen LogP contribution < -0.4 is 11.1 Å². The van der Waals surface area contributed by atoms with Crippen molar-refractivity contribution in [2.45, 2.75) is 13.8 Å². The number of nitrogens with two attached hydrogens (primary N) is 1. The Hall–Kier alpha value is -2.80. The Morgan fingerprint density at radius 1 is 1.25 bits per heavy atom. The number of hydrogen-bond donors (Lipinski definition) is 2. The molecule has 2 rings (SSSR count). The summed E-state index contributed by atoms with van der Waals surface area (Å²) in [4.78, 5) is 12.3. The zero-order chi connectivity index (χ0) is 14.7. The van der Waals surface area contributed by atoms with Gasteiger partial charge in [0.15, 0.2) is 0 Å². The highest BCUT2D eigenvalue weighted by Gasteiger charge is 2.11. The predicted molar refractivity (Wildman–Crippen MR) is 79.4 cm³/mol. The van der Waals surface area contributed by atoms with E-state index in [-0.39, 0.29) is 5.91 Å². The van der Waals surface area contributed by atoms with Gasteiger partial charge in [0.2, 0.25) is 0 Å². The average Bonchev–Trinajstić information content (AvgIpc) is 2.44. The second kappa shape index (κ2) is 5.45. The lowest BCUT2D eigenvalue weighted by Crippen LogP contribution is -2.15. The van der Waals surface area contributed by atoms with Crippen molar-refractivity contribution in [3.63, 3.8) is 0 Å². The van der Waals surface area contributed by atoms with Crippen molar-refractivity contribution in [2.24, 2.45) is 0 Å². The third-order valence-corrected chi connectivity index (χ3v) is 3.28. The molecule has 0 unspecified atom stereocenters. The van der Waals surface area contributed by atoms with Gasteiger partial charge in [-0.3, -0.25) is 4.79 Å².